The van der Waals surface area contributed by atoms with Gasteiger partial charge in [0.2, 0.25) is 5.95 Å². The van der Waals surface area contributed by atoms with Gasteiger partial charge in [-0.3, -0.25) is 4.57 Å². The number of halogens is 3. The first-order chi connectivity index (χ1) is 9.52. The van der Waals surface area contributed by atoms with Gasteiger partial charge in [0.1, 0.15) is 0 Å². The molecule has 7 heteroatoms. The van der Waals surface area contributed by atoms with Crippen molar-refractivity contribution in [2.45, 2.75) is 13.0 Å². The SMILES string of the molecule is COCC(C)Nc1nccn1-c1cc(Cl)c(F)c(Cl)c1. The van der Waals surface area contributed by atoms with Crippen molar-refractivity contribution in [3.8, 4) is 5.69 Å². The minimum absolute atomic E-state index is 0.0305. The largest absolute Gasteiger partial charge is 0.383 e. The number of hydrogen-bond donors (Lipinski definition) is 1. The fourth-order valence-electron chi connectivity index (χ4n) is 1.81. The van der Waals surface area contributed by atoms with Crippen molar-refractivity contribution in [1.29, 1.82) is 0 Å². The van der Waals surface area contributed by atoms with Gasteiger partial charge in [-0.15, -0.1) is 0 Å². The second-order valence-corrected chi connectivity index (χ2v) is 5.16. The molecule has 0 aliphatic rings. The van der Waals surface area contributed by atoms with Crippen molar-refractivity contribution in [3.63, 3.8) is 0 Å². The van der Waals surface area contributed by atoms with Crippen LogP contribution in [0.4, 0.5) is 10.3 Å². The van der Waals surface area contributed by atoms with Crippen LogP contribution in [-0.2, 0) is 4.74 Å². The van der Waals surface area contributed by atoms with Crippen LogP contribution in [0.5, 0.6) is 0 Å². The van der Waals surface area contributed by atoms with E-state index in [4.69, 9.17) is 27.9 Å². The van der Waals surface area contributed by atoms with Crippen LogP contribution < -0.4 is 5.32 Å². The highest BCUT2D eigenvalue weighted by Crippen LogP contribution is 2.28. The number of aromatic nitrogens is 2. The van der Waals surface area contributed by atoms with E-state index < -0.39 is 5.82 Å². The maximum Gasteiger partial charge on any atom is 0.207 e. The first-order valence-corrected chi connectivity index (χ1v) is 6.72. The van der Waals surface area contributed by atoms with E-state index in [0.29, 0.717) is 18.2 Å². The van der Waals surface area contributed by atoms with Crippen LogP contribution in [0.1, 0.15) is 6.92 Å². The highest BCUT2D eigenvalue weighted by molar-refractivity contribution is 6.35. The third-order valence-electron chi connectivity index (χ3n) is 2.68. The van der Waals surface area contributed by atoms with Gasteiger partial charge in [-0.05, 0) is 19.1 Å². The summed E-state index contributed by atoms with van der Waals surface area (Å²) >= 11 is 11.6. The lowest BCUT2D eigenvalue weighted by Crippen LogP contribution is -2.22. The third-order valence-corrected chi connectivity index (χ3v) is 3.23. The van der Waals surface area contributed by atoms with Crippen LogP contribution in [0, 0.1) is 5.82 Å². The zero-order valence-electron chi connectivity index (χ0n) is 11.0. The normalized spacial score (nSPS) is 12.4. The Morgan fingerprint density at radius 3 is 2.65 bits per heavy atom. The zero-order valence-corrected chi connectivity index (χ0v) is 12.5. The number of anilines is 1. The molecule has 1 heterocycles. The van der Waals surface area contributed by atoms with Gasteiger partial charge in [0.15, 0.2) is 5.82 Å². The number of rotatable bonds is 5. The standard InChI is InChI=1S/C13H14Cl2FN3O/c1-8(7-20-2)18-13-17-3-4-19(13)9-5-10(14)12(16)11(15)6-9/h3-6,8H,7H2,1-2H3,(H,17,18). The molecule has 0 aliphatic carbocycles. The van der Waals surface area contributed by atoms with Gasteiger partial charge < -0.3 is 10.1 Å². The molecule has 2 rings (SSSR count). The first-order valence-electron chi connectivity index (χ1n) is 5.96. The van der Waals surface area contributed by atoms with Crippen molar-refractivity contribution in [1.82, 2.24) is 9.55 Å². The fraction of sp³-hybridized carbons (Fsp3) is 0.308. The summed E-state index contributed by atoms with van der Waals surface area (Å²) in [5.41, 5.74) is 0.631. The Bertz CT molecular complexity index is 580. The lowest BCUT2D eigenvalue weighted by atomic mass is 10.3. The average molecular weight is 318 g/mol. The lowest BCUT2D eigenvalue weighted by molar-refractivity contribution is 0.190. The zero-order chi connectivity index (χ0) is 14.7. The summed E-state index contributed by atoms with van der Waals surface area (Å²) in [5, 5.41) is 3.13. The minimum Gasteiger partial charge on any atom is -0.383 e. The van der Waals surface area contributed by atoms with Crippen LogP contribution in [0.3, 0.4) is 0 Å². The number of ether oxygens (including phenoxy) is 1. The number of nitrogens with zero attached hydrogens (tertiary/aromatic N) is 2. The Morgan fingerprint density at radius 1 is 1.40 bits per heavy atom. The molecule has 0 spiro atoms. The summed E-state index contributed by atoms with van der Waals surface area (Å²) in [4.78, 5) is 4.21. The molecule has 20 heavy (non-hydrogen) atoms. The molecule has 1 aromatic carbocycles. The molecule has 1 unspecified atom stereocenters. The fourth-order valence-corrected chi connectivity index (χ4v) is 2.29. The summed E-state index contributed by atoms with van der Waals surface area (Å²) in [7, 11) is 1.63. The molecule has 0 amide bonds. The highest BCUT2D eigenvalue weighted by Gasteiger charge is 2.12. The van der Waals surface area contributed by atoms with Gasteiger partial charge in [0.05, 0.1) is 22.3 Å². The minimum atomic E-state index is -0.626. The topological polar surface area (TPSA) is 39.1 Å². The Kier molecular flexibility index (Phi) is 4.86. The van der Waals surface area contributed by atoms with Crippen LogP contribution in [0.25, 0.3) is 5.69 Å². The summed E-state index contributed by atoms with van der Waals surface area (Å²) < 4.78 is 20.2. The monoisotopic (exact) mass is 317 g/mol. The van der Waals surface area contributed by atoms with E-state index in [0.717, 1.165) is 0 Å². The number of methoxy groups -OCH3 is 1. The summed E-state index contributed by atoms with van der Waals surface area (Å²) in [6.07, 6.45) is 3.37. The van der Waals surface area contributed by atoms with Gasteiger partial charge in [-0.2, -0.15) is 0 Å². The number of imidazole rings is 1. The Morgan fingerprint density at radius 2 is 2.05 bits per heavy atom. The van der Waals surface area contributed by atoms with E-state index in [2.05, 4.69) is 10.3 Å². The molecule has 0 fully saturated rings. The predicted octanol–water partition coefficient (Wildman–Crippen LogP) is 3.77. The number of benzene rings is 1. The molecule has 0 bridgehead atoms. The molecule has 108 valence electrons. The maximum absolute atomic E-state index is 13.4. The predicted molar refractivity (Wildman–Crippen MR) is 78.5 cm³/mol. The van der Waals surface area contributed by atoms with Crippen LogP contribution in [0.2, 0.25) is 10.0 Å². The Labute approximate surface area is 126 Å². The second kappa shape index (κ2) is 6.43. The Balaban J connectivity index is 2.32. The summed E-state index contributed by atoms with van der Waals surface area (Å²) in [6, 6.07) is 3.07. The van der Waals surface area contributed by atoms with E-state index >= 15 is 0 Å². The van der Waals surface area contributed by atoms with Gasteiger partial charge >= 0.3 is 0 Å². The van der Waals surface area contributed by atoms with E-state index in [9.17, 15) is 4.39 Å². The van der Waals surface area contributed by atoms with Gasteiger partial charge in [-0.25, -0.2) is 9.37 Å². The first kappa shape index (κ1) is 15.1. The second-order valence-electron chi connectivity index (χ2n) is 4.34. The molecule has 0 saturated heterocycles. The van der Waals surface area contributed by atoms with Crippen molar-refractivity contribution in [2.24, 2.45) is 0 Å². The van der Waals surface area contributed by atoms with E-state index in [1.807, 2.05) is 6.92 Å². The molecule has 1 aromatic heterocycles. The van der Waals surface area contributed by atoms with Crippen LogP contribution >= 0.6 is 23.2 Å². The quantitative estimate of drug-likeness (QED) is 0.853. The third kappa shape index (κ3) is 3.23. The summed E-state index contributed by atoms with van der Waals surface area (Å²) in [6.45, 7) is 2.50. The van der Waals surface area contributed by atoms with Crippen LogP contribution in [-0.4, -0.2) is 29.3 Å². The summed E-state index contributed by atoms with van der Waals surface area (Å²) in [5.74, 6) is -0.0206. The van der Waals surface area contributed by atoms with E-state index in [-0.39, 0.29) is 16.1 Å². The van der Waals surface area contributed by atoms with Crippen molar-refractivity contribution in [3.05, 3.63) is 40.4 Å². The highest BCUT2D eigenvalue weighted by atomic mass is 35.5. The maximum atomic E-state index is 13.4. The molecule has 1 N–H and O–H groups in total. The van der Waals surface area contributed by atoms with Crippen molar-refractivity contribution in [2.75, 3.05) is 19.0 Å². The molecule has 0 saturated carbocycles. The average Bonchev–Trinajstić information content (AvgIpc) is 2.83. The molecular formula is C13H14Cl2FN3O. The molecule has 2 aromatic rings. The van der Waals surface area contributed by atoms with Crippen molar-refractivity contribution < 1.29 is 9.13 Å². The lowest BCUT2D eigenvalue weighted by Gasteiger charge is -2.15. The molecule has 0 radical (unpaired) electrons. The molecular weight excluding hydrogens is 304 g/mol. The van der Waals surface area contributed by atoms with E-state index in [1.54, 1.807) is 24.1 Å². The number of nitrogens with one attached hydrogen (secondary N) is 1. The Hall–Kier alpha value is -1.30. The van der Waals surface area contributed by atoms with Crippen molar-refractivity contribution >= 4 is 29.2 Å². The van der Waals surface area contributed by atoms with Gasteiger partial charge in [0, 0.05) is 25.5 Å². The van der Waals surface area contributed by atoms with Crippen LogP contribution in [0.15, 0.2) is 24.5 Å². The molecule has 4 nitrogen and oxygen atoms in total. The molecule has 0 aliphatic heterocycles. The molecule has 1 atom stereocenters. The van der Waals surface area contributed by atoms with Gasteiger partial charge in [-0.1, -0.05) is 23.2 Å². The smallest absolute Gasteiger partial charge is 0.207 e. The van der Waals surface area contributed by atoms with Gasteiger partial charge in [0.25, 0.3) is 0 Å². The van der Waals surface area contributed by atoms with E-state index in [1.165, 1.54) is 12.1 Å². The number of hydrogen-bond acceptors (Lipinski definition) is 3.